The second-order valence-electron chi connectivity index (χ2n) is 10.3. The van der Waals surface area contributed by atoms with Crippen molar-refractivity contribution in [3.8, 4) is 0 Å². The predicted octanol–water partition coefficient (Wildman–Crippen LogP) is 5.86. The normalized spacial score (nSPS) is 13.1. The van der Waals surface area contributed by atoms with Crippen LogP contribution in [0.1, 0.15) is 70.3 Å². The number of hydrogen-bond acceptors (Lipinski definition) is 6. The van der Waals surface area contributed by atoms with Crippen molar-refractivity contribution in [2.75, 3.05) is 28.6 Å². The molecule has 210 valence electrons. The van der Waals surface area contributed by atoms with Crippen molar-refractivity contribution < 1.29 is 37.0 Å². The van der Waals surface area contributed by atoms with E-state index in [4.69, 9.17) is 9.47 Å². The van der Waals surface area contributed by atoms with E-state index < -0.39 is 46.8 Å². The average molecular weight is 660 g/mol. The molecule has 12 heteroatoms. The van der Waals surface area contributed by atoms with E-state index in [1.807, 2.05) is 0 Å². The molecule has 37 heavy (non-hydrogen) atoms. The summed E-state index contributed by atoms with van der Waals surface area (Å²) in [5.41, 5.74) is -2.93. The predicted molar refractivity (Wildman–Crippen MR) is 143 cm³/mol. The van der Waals surface area contributed by atoms with Crippen LogP contribution in [0.4, 0.5) is 18.9 Å². The number of alkyl halides is 5. The fourth-order valence-electron chi connectivity index (χ4n) is 3.25. The summed E-state index contributed by atoms with van der Waals surface area (Å²) in [5, 5.41) is 3.34. The molecule has 0 aliphatic carbocycles. The number of anilines is 1. The van der Waals surface area contributed by atoms with Crippen molar-refractivity contribution in [1.82, 2.24) is 5.32 Å². The molecule has 0 heterocycles. The van der Waals surface area contributed by atoms with E-state index in [1.54, 1.807) is 46.4 Å². The van der Waals surface area contributed by atoms with E-state index in [0.717, 1.165) is 6.07 Å². The number of benzene rings is 1. The Morgan fingerprint density at radius 1 is 0.946 bits per heavy atom. The lowest BCUT2D eigenvalue weighted by atomic mass is 10.0. The molecular formula is C25H35Br2F3N2O5. The fourth-order valence-corrected chi connectivity index (χ4v) is 4.11. The highest BCUT2D eigenvalue weighted by molar-refractivity contribution is 9.09. The Morgan fingerprint density at radius 3 is 1.95 bits per heavy atom. The number of esters is 2. The van der Waals surface area contributed by atoms with Gasteiger partial charge in [-0.15, -0.1) is 0 Å². The molecule has 1 aromatic rings. The van der Waals surface area contributed by atoms with Gasteiger partial charge in [-0.3, -0.25) is 9.59 Å². The molecule has 0 aliphatic heterocycles. The van der Waals surface area contributed by atoms with E-state index in [1.165, 1.54) is 12.1 Å². The van der Waals surface area contributed by atoms with Crippen LogP contribution in [0.3, 0.4) is 0 Å². The minimum Gasteiger partial charge on any atom is -0.460 e. The second-order valence-corrected chi connectivity index (χ2v) is 11.9. The number of nitrogens with zero attached hydrogens (tertiary/aromatic N) is 1. The maximum Gasteiger partial charge on any atom is 0.418 e. The van der Waals surface area contributed by atoms with Gasteiger partial charge in [0.2, 0.25) is 0 Å². The molecule has 0 saturated heterocycles. The van der Waals surface area contributed by atoms with Crippen molar-refractivity contribution >= 4 is 55.4 Å². The van der Waals surface area contributed by atoms with E-state index in [2.05, 4.69) is 37.2 Å². The smallest absolute Gasteiger partial charge is 0.418 e. The van der Waals surface area contributed by atoms with E-state index in [-0.39, 0.29) is 24.1 Å². The monoisotopic (exact) mass is 658 g/mol. The Hall–Kier alpha value is -1.82. The number of rotatable bonds is 11. The van der Waals surface area contributed by atoms with Gasteiger partial charge in [-0.25, -0.2) is 4.79 Å². The summed E-state index contributed by atoms with van der Waals surface area (Å²) in [6.45, 7) is 10.6. The quantitative estimate of drug-likeness (QED) is 0.237. The van der Waals surface area contributed by atoms with Crippen molar-refractivity contribution in [1.29, 1.82) is 0 Å². The molecule has 0 aliphatic rings. The van der Waals surface area contributed by atoms with Gasteiger partial charge in [-0.1, -0.05) is 31.9 Å². The Kier molecular flexibility index (Phi) is 12.4. The highest BCUT2D eigenvalue weighted by Gasteiger charge is 2.36. The SMILES string of the molecule is CC(C)(C)OC(=O)CCC(NC(=O)c1ccc(N(CCBr)CCBr)c(C(F)(F)F)c1)C(=O)OC(C)(C)C. The second kappa shape index (κ2) is 13.8. The van der Waals surface area contributed by atoms with Gasteiger partial charge in [0.1, 0.15) is 17.2 Å². The zero-order valence-electron chi connectivity index (χ0n) is 21.9. The molecule has 0 aromatic heterocycles. The van der Waals surface area contributed by atoms with Gasteiger partial charge in [0.25, 0.3) is 5.91 Å². The summed E-state index contributed by atoms with van der Waals surface area (Å²) in [6.07, 6.45) is -5.07. The third-order valence-corrected chi connectivity index (χ3v) is 5.38. The van der Waals surface area contributed by atoms with Crippen LogP contribution in [0.15, 0.2) is 18.2 Å². The number of amides is 1. The van der Waals surface area contributed by atoms with Gasteiger partial charge in [0.05, 0.1) is 5.56 Å². The molecule has 0 radical (unpaired) electrons. The van der Waals surface area contributed by atoms with Crippen LogP contribution < -0.4 is 10.2 Å². The molecule has 0 saturated carbocycles. The molecule has 1 amide bonds. The zero-order valence-corrected chi connectivity index (χ0v) is 25.1. The third kappa shape index (κ3) is 12.1. The molecule has 1 N–H and O–H groups in total. The molecule has 1 aromatic carbocycles. The summed E-state index contributed by atoms with van der Waals surface area (Å²) in [4.78, 5) is 39.5. The first kappa shape index (κ1) is 33.2. The minimum absolute atomic E-state index is 0.0587. The fraction of sp³-hybridized carbons (Fsp3) is 0.640. The van der Waals surface area contributed by atoms with Crippen molar-refractivity contribution in [3.63, 3.8) is 0 Å². The molecule has 0 spiro atoms. The number of ether oxygens (including phenoxy) is 2. The van der Waals surface area contributed by atoms with Gasteiger partial charge in [-0.05, 0) is 66.2 Å². The van der Waals surface area contributed by atoms with Crippen molar-refractivity contribution in [2.24, 2.45) is 0 Å². The van der Waals surface area contributed by atoms with E-state index in [9.17, 15) is 27.6 Å². The standard InChI is InChI=1S/C25H35Br2F3N2O5/c1-23(2,3)36-20(33)10-8-18(22(35)37-24(4,5)6)31-21(34)16-7-9-19(17(15-16)25(28,29)30)32(13-11-26)14-12-27/h7,9,15,18H,8,10-14H2,1-6H3,(H,31,34). The average Bonchev–Trinajstić information content (AvgIpc) is 2.72. The number of nitrogens with one attached hydrogen (secondary N) is 1. The summed E-state index contributed by atoms with van der Waals surface area (Å²) < 4.78 is 52.4. The van der Waals surface area contributed by atoms with Crippen LogP contribution in [0, 0.1) is 0 Å². The number of carbonyl (C=O) groups excluding carboxylic acids is 3. The van der Waals surface area contributed by atoms with Gasteiger partial charge in [0.15, 0.2) is 0 Å². The zero-order chi connectivity index (χ0) is 28.6. The van der Waals surface area contributed by atoms with Crippen LogP contribution >= 0.6 is 31.9 Å². The maximum absolute atomic E-state index is 13.9. The number of carbonyl (C=O) groups is 3. The van der Waals surface area contributed by atoms with Crippen molar-refractivity contribution in [2.45, 2.75) is 77.8 Å². The van der Waals surface area contributed by atoms with Crippen LogP contribution in [0.25, 0.3) is 0 Å². The van der Waals surface area contributed by atoms with Crippen LogP contribution in [-0.4, -0.2) is 58.8 Å². The lowest BCUT2D eigenvalue weighted by Gasteiger charge is -2.27. The molecule has 7 nitrogen and oxygen atoms in total. The lowest BCUT2D eigenvalue weighted by molar-refractivity contribution is -0.158. The van der Waals surface area contributed by atoms with Crippen molar-refractivity contribution in [3.05, 3.63) is 29.3 Å². The maximum atomic E-state index is 13.9. The van der Waals surface area contributed by atoms with E-state index in [0.29, 0.717) is 23.7 Å². The molecular weight excluding hydrogens is 625 g/mol. The summed E-state index contributed by atoms with van der Waals surface area (Å²) in [5.74, 6) is -2.29. The Balaban J connectivity index is 3.26. The molecule has 1 unspecified atom stereocenters. The summed E-state index contributed by atoms with van der Waals surface area (Å²) >= 11 is 6.51. The van der Waals surface area contributed by atoms with E-state index >= 15 is 0 Å². The number of halogens is 5. The first-order chi connectivity index (χ1) is 16.9. The third-order valence-electron chi connectivity index (χ3n) is 4.67. The highest BCUT2D eigenvalue weighted by atomic mass is 79.9. The van der Waals surface area contributed by atoms with Gasteiger partial charge in [-0.2, -0.15) is 13.2 Å². The van der Waals surface area contributed by atoms with Gasteiger partial charge in [0, 0.05) is 41.4 Å². The highest BCUT2D eigenvalue weighted by Crippen LogP contribution is 2.37. The molecule has 1 atom stereocenters. The Bertz CT molecular complexity index is 938. The first-order valence-corrected chi connectivity index (χ1v) is 14.0. The minimum atomic E-state index is -4.72. The molecule has 0 fully saturated rings. The van der Waals surface area contributed by atoms with Gasteiger partial charge >= 0.3 is 18.1 Å². The largest absolute Gasteiger partial charge is 0.460 e. The van der Waals surface area contributed by atoms with Crippen LogP contribution in [-0.2, 0) is 25.2 Å². The Labute approximate surface area is 233 Å². The summed E-state index contributed by atoms with van der Waals surface area (Å²) in [7, 11) is 0. The number of hydrogen-bond donors (Lipinski definition) is 1. The topological polar surface area (TPSA) is 84.9 Å². The summed E-state index contributed by atoms with van der Waals surface area (Å²) in [6, 6.07) is 2.01. The Morgan fingerprint density at radius 2 is 1.49 bits per heavy atom. The molecule has 1 rings (SSSR count). The molecule has 0 bridgehead atoms. The van der Waals surface area contributed by atoms with Gasteiger partial charge < -0.3 is 19.7 Å². The first-order valence-electron chi connectivity index (χ1n) is 11.7. The van der Waals surface area contributed by atoms with Crippen LogP contribution in [0.5, 0.6) is 0 Å². The lowest BCUT2D eigenvalue weighted by Crippen LogP contribution is -2.44. The van der Waals surface area contributed by atoms with Crippen LogP contribution in [0.2, 0.25) is 0 Å².